The Hall–Kier alpha value is -0.353. The van der Waals surface area contributed by atoms with Gasteiger partial charge in [-0.2, -0.15) is 0 Å². The fourth-order valence-electron chi connectivity index (χ4n) is 1.16. The lowest BCUT2D eigenvalue weighted by atomic mass is 10.1. The topological polar surface area (TPSA) is 46.5 Å². The van der Waals surface area contributed by atoms with Crippen molar-refractivity contribution < 1.29 is 14.3 Å². The highest BCUT2D eigenvalue weighted by Gasteiger charge is 2.40. The zero-order valence-electron chi connectivity index (χ0n) is 11.6. The lowest BCUT2D eigenvalue weighted by Gasteiger charge is -2.38. The average molecular weight is 246 g/mol. The van der Waals surface area contributed by atoms with Crippen LogP contribution in [-0.4, -0.2) is 25.5 Å². The molecule has 0 amide bonds. The Morgan fingerprint density at radius 2 is 1.75 bits per heavy atom. The summed E-state index contributed by atoms with van der Waals surface area (Å²) in [7, 11) is -1.98. The summed E-state index contributed by atoms with van der Waals surface area (Å²) in [6.45, 7) is 14.6. The number of carbonyl (C=O) groups is 1. The van der Waals surface area contributed by atoms with Crippen LogP contribution in [-0.2, 0) is 9.22 Å². The van der Waals surface area contributed by atoms with Gasteiger partial charge in [0.15, 0.2) is 8.32 Å². The van der Waals surface area contributed by atoms with Gasteiger partial charge in [-0.3, -0.25) is 0 Å². The molecule has 0 saturated carbocycles. The van der Waals surface area contributed by atoms with Gasteiger partial charge in [0.25, 0.3) is 0 Å². The zero-order valence-corrected chi connectivity index (χ0v) is 12.6. The van der Waals surface area contributed by atoms with Crippen molar-refractivity contribution in [1.82, 2.24) is 0 Å². The number of hydrogen-bond donors (Lipinski definition) is 1. The fraction of sp³-hybridized carbons (Fsp3) is 0.917. The van der Waals surface area contributed by atoms with Gasteiger partial charge >= 0.3 is 5.97 Å². The van der Waals surface area contributed by atoms with Crippen LogP contribution in [0.2, 0.25) is 18.1 Å². The molecule has 0 aliphatic heterocycles. The molecule has 3 nitrogen and oxygen atoms in total. The minimum absolute atomic E-state index is 0.0533. The molecule has 0 rings (SSSR count). The van der Waals surface area contributed by atoms with Gasteiger partial charge in [0.1, 0.15) is 6.10 Å². The normalized spacial score (nSPS) is 15.2. The zero-order chi connectivity index (χ0) is 13.1. The summed E-state index contributed by atoms with van der Waals surface area (Å²) in [4.78, 5) is 11.1. The van der Waals surface area contributed by atoms with Gasteiger partial charge in [0.2, 0.25) is 0 Å². The SMILES string of the molecule is CC(C)CC(O[Si](C)(C)C(C)(C)C)C(=O)O. The van der Waals surface area contributed by atoms with E-state index in [0.29, 0.717) is 12.3 Å². The van der Waals surface area contributed by atoms with Gasteiger partial charge < -0.3 is 9.53 Å². The lowest BCUT2D eigenvalue weighted by molar-refractivity contribution is -0.146. The molecule has 16 heavy (non-hydrogen) atoms. The molecule has 96 valence electrons. The lowest BCUT2D eigenvalue weighted by Crippen LogP contribution is -2.46. The molecule has 0 aromatic heterocycles. The Morgan fingerprint density at radius 3 is 2.00 bits per heavy atom. The first kappa shape index (κ1) is 15.6. The van der Waals surface area contributed by atoms with Crippen LogP contribution in [0.15, 0.2) is 0 Å². The quantitative estimate of drug-likeness (QED) is 0.755. The van der Waals surface area contributed by atoms with Crippen molar-refractivity contribution >= 4 is 14.3 Å². The molecule has 0 aliphatic rings. The van der Waals surface area contributed by atoms with Crippen molar-refractivity contribution in [2.75, 3.05) is 0 Å². The second-order valence-electron chi connectivity index (χ2n) is 6.33. The molecule has 0 bridgehead atoms. The summed E-state index contributed by atoms with van der Waals surface area (Å²) < 4.78 is 5.91. The second kappa shape index (κ2) is 5.32. The summed E-state index contributed by atoms with van der Waals surface area (Å²) in [5.74, 6) is -0.496. The van der Waals surface area contributed by atoms with Crippen molar-refractivity contribution in [1.29, 1.82) is 0 Å². The second-order valence-corrected chi connectivity index (χ2v) is 11.1. The van der Waals surface area contributed by atoms with Crippen molar-refractivity contribution in [3.05, 3.63) is 0 Å². The molecule has 1 atom stereocenters. The Bertz CT molecular complexity index is 241. The Balaban J connectivity index is 4.69. The average Bonchev–Trinajstić information content (AvgIpc) is 1.98. The van der Waals surface area contributed by atoms with E-state index >= 15 is 0 Å². The van der Waals surface area contributed by atoms with Gasteiger partial charge in [-0.15, -0.1) is 0 Å². The van der Waals surface area contributed by atoms with Crippen LogP contribution in [0.1, 0.15) is 41.0 Å². The predicted molar refractivity (Wildman–Crippen MR) is 69.2 cm³/mol. The van der Waals surface area contributed by atoms with Gasteiger partial charge in [-0.25, -0.2) is 4.79 Å². The van der Waals surface area contributed by atoms with Gasteiger partial charge in [-0.1, -0.05) is 34.6 Å². The van der Waals surface area contributed by atoms with Crippen molar-refractivity contribution in [3.63, 3.8) is 0 Å². The Labute approximate surface area is 100 Å². The van der Waals surface area contributed by atoms with Gasteiger partial charge in [-0.05, 0) is 30.5 Å². The Kier molecular flexibility index (Phi) is 5.20. The van der Waals surface area contributed by atoms with E-state index < -0.39 is 20.4 Å². The molecule has 1 N–H and O–H groups in total. The molecule has 0 saturated heterocycles. The summed E-state index contributed by atoms with van der Waals surface area (Å²) in [6.07, 6.45) is -0.0668. The van der Waals surface area contributed by atoms with E-state index in [1.807, 2.05) is 13.8 Å². The molecular formula is C12H26O3Si. The molecule has 0 aromatic rings. The van der Waals surface area contributed by atoms with Gasteiger partial charge in [0, 0.05) is 0 Å². The minimum atomic E-state index is -1.98. The van der Waals surface area contributed by atoms with Crippen LogP contribution in [0.4, 0.5) is 0 Å². The number of hydrogen-bond acceptors (Lipinski definition) is 2. The third-order valence-corrected chi connectivity index (χ3v) is 7.69. The molecule has 0 aliphatic carbocycles. The highest BCUT2D eigenvalue weighted by atomic mass is 28.4. The van der Waals surface area contributed by atoms with Crippen molar-refractivity contribution in [2.45, 2.75) is 65.3 Å². The smallest absolute Gasteiger partial charge is 0.331 e. The molecule has 0 heterocycles. The monoisotopic (exact) mass is 246 g/mol. The van der Waals surface area contributed by atoms with Crippen LogP contribution < -0.4 is 0 Å². The first-order valence-corrected chi connectivity index (χ1v) is 8.79. The van der Waals surface area contributed by atoms with E-state index in [9.17, 15) is 4.79 Å². The van der Waals surface area contributed by atoms with Crippen LogP contribution in [0, 0.1) is 5.92 Å². The number of rotatable bonds is 5. The van der Waals surface area contributed by atoms with E-state index in [0.717, 1.165) is 0 Å². The highest BCUT2D eigenvalue weighted by molar-refractivity contribution is 6.74. The maximum atomic E-state index is 11.1. The standard InChI is InChI=1S/C12H26O3Si/c1-9(2)8-10(11(13)14)15-16(6,7)12(3,4)5/h9-10H,8H2,1-7H3,(H,13,14). The van der Waals surface area contributed by atoms with Crippen LogP contribution in [0.3, 0.4) is 0 Å². The van der Waals surface area contributed by atoms with Crippen LogP contribution in [0.5, 0.6) is 0 Å². The molecule has 4 heteroatoms. The third-order valence-electron chi connectivity index (χ3n) is 3.20. The number of carboxylic acids is 1. The fourth-order valence-corrected chi connectivity index (χ4v) is 2.42. The Morgan fingerprint density at radius 1 is 1.31 bits per heavy atom. The molecule has 0 spiro atoms. The molecule has 0 aromatic carbocycles. The summed E-state index contributed by atoms with van der Waals surface area (Å²) in [5, 5.41) is 9.20. The summed E-state index contributed by atoms with van der Waals surface area (Å²) in [6, 6.07) is 0. The molecule has 0 radical (unpaired) electrons. The van der Waals surface area contributed by atoms with Crippen LogP contribution >= 0.6 is 0 Å². The molecular weight excluding hydrogens is 220 g/mol. The van der Waals surface area contributed by atoms with E-state index in [-0.39, 0.29) is 5.04 Å². The first-order chi connectivity index (χ1) is 6.97. The van der Waals surface area contributed by atoms with Crippen LogP contribution in [0.25, 0.3) is 0 Å². The van der Waals surface area contributed by atoms with E-state index in [1.54, 1.807) is 0 Å². The van der Waals surface area contributed by atoms with E-state index in [2.05, 4.69) is 33.9 Å². The number of carboxylic acid groups (broad SMARTS) is 1. The minimum Gasteiger partial charge on any atom is -0.479 e. The highest BCUT2D eigenvalue weighted by Crippen LogP contribution is 2.37. The van der Waals surface area contributed by atoms with Crippen molar-refractivity contribution in [2.24, 2.45) is 5.92 Å². The van der Waals surface area contributed by atoms with E-state index in [4.69, 9.17) is 9.53 Å². The largest absolute Gasteiger partial charge is 0.479 e. The summed E-state index contributed by atoms with van der Waals surface area (Å²) in [5.41, 5.74) is 0. The predicted octanol–water partition coefficient (Wildman–Crippen LogP) is 3.51. The molecule has 0 fully saturated rings. The first-order valence-electron chi connectivity index (χ1n) is 5.88. The van der Waals surface area contributed by atoms with Crippen molar-refractivity contribution in [3.8, 4) is 0 Å². The maximum absolute atomic E-state index is 11.1. The van der Waals surface area contributed by atoms with Gasteiger partial charge in [0.05, 0.1) is 0 Å². The summed E-state index contributed by atoms with van der Waals surface area (Å²) >= 11 is 0. The maximum Gasteiger partial charge on any atom is 0.331 e. The third kappa shape index (κ3) is 4.66. The van der Waals surface area contributed by atoms with E-state index in [1.165, 1.54) is 0 Å². The molecule has 1 unspecified atom stereocenters. The number of aliphatic carboxylic acids is 1.